The Morgan fingerprint density at radius 3 is 2.88 bits per heavy atom. The normalized spacial score (nSPS) is 24.2. The van der Waals surface area contributed by atoms with Gasteiger partial charge in [0.25, 0.3) is 11.5 Å². The standard InChI is InChI=1S/C10H13F2N3O/c11-10(12)1-2-14-5-7(10)6-3-8(13)9(16)15-4-6/h3-4,7,14H,1-2,5,13H2,(H,15,16). The van der Waals surface area contributed by atoms with E-state index in [1.165, 1.54) is 12.3 Å². The molecule has 6 heteroatoms. The number of piperidine rings is 1. The van der Waals surface area contributed by atoms with Crippen LogP contribution in [0.4, 0.5) is 14.5 Å². The fraction of sp³-hybridized carbons (Fsp3) is 0.500. The van der Waals surface area contributed by atoms with Crippen LogP contribution in [-0.2, 0) is 0 Å². The molecule has 1 aromatic heterocycles. The van der Waals surface area contributed by atoms with Crippen molar-refractivity contribution in [2.45, 2.75) is 18.3 Å². The van der Waals surface area contributed by atoms with E-state index in [2.05, 4.69) is 10.3 Å². The largest absolute Gasteiger partial charge is 0.394 e. The van der Waals surface area contributed by atoms with Gasteiger partial charge in [-0.25, -0.2) is 8.78 Å². The molecule has 0 spiro atoms. The van der Waals surface area contributed by atoms with Crippen LogP contribution in [0.25, 0.3) is 0 Å². The van der Waals surface area contributed by atoms with Crippen LogP contribution in [0, 0.1) is 0 Å². The number of rotatable bonds is 1. The van der Waals surface area contributed by atoms with Crippen LogP contribution in [0.3, 0.4) is 0 Å². The summed E-state index contributed by atoms with van der Waals surface area (Å²) in [5, 5.41) is 2.91. The van der Waals surface area contributed by atoms with Crippen molar-refractivity contribution in [3.05, 3.63) is 28.2 Å². The lowest BCUT2D eigenvalue weighted by Gasteiger charge is -2.32. The third-order valence-electron chi connectivity index (χ3n) is 2.85. The predicted molar refractivity (Wildman–Crippen MR) is 56.6 cm³/mol. The molecule has 0 amide bonds. The molecule has 1 aliphatic heterocycles. The highest BCUT2D eigenvalue weighted by Gasteiger charge is 2.42. The number of pyridine rings is 1. The second-order valence-electron chi connectivity index (χ2n) is 3.99. The van der Waals surface area contributed by atoms with Gasteiger partial charge in [-0.05, 0) is 11.6 Å². The van der Waals surface area contributed by atoms with E-state index in [-0.39, 0.29) is 18.7 Å². The van der Waals surface area contributed by atoms with Crippen molar-refractivity contribution in [2.24, 2.45) is 0 Å². The smallest absolute Gasteiger partial charge is 0.271 e. The monoisotopic (exact) mass is 229 g/mol. The van der Waals surface area contributed by atoms with Gasteiger partial charge in [0, 0.05) is 25.7 Å². The van der Waals surface area contributed by atoms with E-state index < -0.39 is 17.4 Å². The van der Waals surface area contributed by atoms with E-state index in [9.17, 15) is 13.6 Å². The summed E-state index contributed by atoms with van der Waals surface area (Å²) < 4.78 is 27.2. The van der Waals surface area contributed by atoms with E-state index in [0.717, 1.165) is 0 Å². The molecular formula is C10H13F2N3O. The lowest BCUT2D eigenvalue weighted by Crippen LogP contribution is -2.43. The fourth-order valence-electron chi connectivity index (χ4n) is 1.91. The van der Waals surface area contributed by atoms with Crippen LogP contribution in [0.15, 0.2) is 17.1 Å². The minimum atomic E-state index is -2.75. The van der Waals surface area contributed by atoms with Crippen LogP contribution >= 0.6 is 0 Å². The molecule has 0 radical (unpaired) electrons. The molecule has 2 rings (SSSR count). The number of hydrogen-bond acceptors (Lipinski definition) is 3. The molecule has 1 fully saturated rings. The maximum Gasteiger partial charge on any atom is 0.271 e. The number of nitrogen functional groups attached to an aromatic ring is 1. The van der Waals surface area contributed by atoms with Gasteiger partial charge in [-0.2, -0.15) is 0 Å². The third-order valence-corrected chi connectivity index (χ3v) is 2.85. The molecule has 88 valence electrons. The number of alkyl halides is 2. The Labute approximate surface area is 90.9 Å². The lowest BCUT2D eigenvalue weighted by molar-refractivity contribution is -0.0480. The molecule has 1 saturated heterocycles. The molecule has 0 saturated carbocycles. The number of H-pyrrole nitrogens is 1. The molecule has 0 aromatic carbocycles. The zero-order valence-corrected chi connectivity index (χ0v) is 8.59. The number of anilines is 1. The van der Waals surface area contributed by atoms with E-state index in [1.54, 1.807) is 0 Å². The Hall–Kier alpha value is -1.43. The minimum Gasteiger partial charge on any atom is -0.394 e. The topological polar surface area (TPSA) is 70.9 Å². The van der Waals surface area contributed by atoms with Crippen LogP contribution in [0.1, 0.15) is 17.9 Å². The number of hydrogen-bond donors (Lipinski definition) is 3. The second kappa shape index (κ2) is 3.86. The van der Waals surface area contributed by atoms with Gasteiger partial charge in [-0.15, -0.1) is 0 Å². The SMILES string of the molecule is Nc1cc(C2CNCCC2(F)F)c[nH]c1=O. The van der Waals surface area contributed by atoms with Crippen LogP contribution in [0.2, 0.25) is 0 Å². The summed E-state index contributed by atoms with van der Waals surface area (Å²) in [5.41, 5.74) is 5.30. The molecule has 0 bridgehead atoms. The lowest BCUT2D eigenvalue weighted by atomic mass is 9.89. The summed E-state index contributed by atoms with van der Waals surface area (Å²) in [4.78, 5) is 13.4. The maximum atomic E-state index is 13.6. The van der Waals surface area contributed by atoms with E-state index in [4.69, 9.17) is 5.73 Å². The van der Waals surface area contributed by atoms with Gasteiger partial charge >= 0.3 is 0 Å². The number of aromatic amines is 1. The first kappa shape index (κ1) is 11.1. The highest BCUT2D eigenvalue weighted by Crippen LogP contribution is 2.37. The Kier molecular flexibility index (Phi) is 2.67. The first-order chi connectivity index (χ1) is 7.50. The van der Waals surface area contributed by atoms with Gasteiger partial charge in [-0.3, -0.25) is 4.79 Å². The van der Waals surface area contributed by atoms with Gasteiger partial charge < -0.3 is 16.0 Å². The van der Waals surface area contributed by atoms with Gasteiger partial charge in [0.1, 0.15) is 0 Å². The summed E-state index contributed by atoms with van der Waals surface area (Å²) in [7, 11) is 0. The molecule has 2 heterocycles. The van der Waals surface area contributed by atoms with Crippen molar-refractivity contribution in [3.63, 3.8) is 0 Å². The van der Waals surface area contributed by atoms with Crippen molar-refractivity contribution < 1.29 is 8.78 Å². The average Bonchev–Trinajstić information content (AvgIpc) is 2.22. The summed E-state index contributed by atoms with van der Waals surface area (Å²) in [6.07, 6.45) is 1.11. The Morgan fingerprint density at radius 2 is 2.25 bits per heavy atom. The van der Waals surface area contributed by atoms with Crippen molar-refractivity contribution in [2.75, 3.05) is 18.8 Å². The highest BCUT2D eigenvalue weighted by molar-refractivity contribution is 5.39. The van der Waals surface area contributed by atoms with Gasteiger partial charge in [0.2, 0.25) is 0 Å². The first-order valence-corrected chi connectivity index (χ1v) is 5.07. The Morgan fingerprint density at radius 1 is 1.50 bits per heavy atom. The van der Waals surface area contributed by atoms with E-state index >= 15 is 0 Å². The minimum absolute atomic E-state index is 0.0288. The first-order valence-electron chi connectivity index (χ1n) is 5.07. The Bertz CT molecular complexity index is 444. The van der Waals surface area contributed by atoms with Gasteiger partial charge in [-0.1, -0.05) is 0 Å². The molecule has 0 aliphatic carbocycles. The van der Waals surface area contributed by atoms with E-state index in [0.29, 0.717) is 12.1 Å². The molecule has 1 aliphatic rings. The van der Waals surface area contributed by atoms with Crippen LogP contribution in [-0.4, -0.2) is 24.0 Å². The van der Waals surface area contributed by atoms with Crippen molar-refractivity contribution in [1.82, 2.24) is 10.3 Å². The molecular weight excluding hydrogens is 216 g/mol. The van der Waals surface area contributed by atoms with E-state index in [1.807, 2.05) is 0 Å². The van der Waals surface area contributed by atoms with Crippen molar-refractivity contribution >= 4 is 5.69 Å². The molecule has 1 unspecified atom stereocenters. The maximum absolute atomic E-state index is 13.6. The molecule has 1 aromatic rings. The quantitative estimate of drug-likeness (QED) is 0.662. The third kappa shape index (κ3) is 1.92. The highest BCUT2D eigenvalue weighted by atomic mass is 19.3. The van der Waals surface area contributed by atoms with Gasteiger partial charge in [0.05, 0.1) is 11.6 Å². The second-order valence-corrected chi connectivity index (χ2v) is 3.99. The number of aromatic nitrogens is 1. The summed E-state index contributed by atoms with van der Waals surface area (Å²) in [5.74, 6) is -3.68. The zero-order valence-electron chi connectivity index (χ0n) is 8.59. The average molecular weight is 229 g/mol. The fourth-order valence-corrected chi connectivity index (χ4v) is 1.91. The molecule has 1 atom stereocenters. The number of nitrogens with two attached hydrogens (primary N) is 1. The number of halogens is 2. The predicted octanol–water partition coefficient (Wildman–Crippen LogP) is 0.669. The van der Waals surface area contributed by atoms with Crippen LogP contribution < -0.4 is 16.6 Å². The van der Waals surface area contributed by atoms with Crippen LogP contribution in [0.5, 0.6) is 0 Å². The zero-order chi connectivity index (χ0) is 11.8. The summed E-state index contributed by atoms with van der Waals surface area (Å²) >= 11 is 0. The Balaban J connectivity index is 2.35. The number of nitrogens with one attached hydrogen (secondary N) is 2. The summed E-state index contributed by atoms with van der Waals surface area (Å²) in [6.45, 7) is 0.501. The molecule has 16 heavy (non-hydrogen) atoms. The summed E-state index contributed by atoms with van der Waals surface area (Å²) in [6, 6.07) is 1.32. The van der Waals surface area contributed by atoms with Crippen molar-refractivity contribution in [3.8, 4) is 0 Å². The van der Waals surface area contributed by atoms with Gasteiger partial charge in [0.15, 0.2) is 0 Å². The molecule has 4 N–H and O–H groups in total. The van der Waals surface area contributed by atoms with Crippen molar-refractivity contribution in [1.29, 1.82) is 0 Å². The molecule has 4 nitrogen and oxygen atoms in total.